The van der Waals surface area contributed by atoms with Gasteiger partial charge in [0.2, 0.25) is 0 Å². The lowest BCUT2D eigenvalue weighted by Crippen LogP contribution is -1.68. The van der Waals surface area contributed by atoms with E-state index >= 15 is 0 Å². The Bertz CT molecular complexity index is 89.7. The predicted octanol–water partition coefficient (Wildman–Crippen LogP) is 0.490. The predicted molar refractivity (Wildman–Crippen MR) is 26.5 cm³/mol. The van der Waals surface area contributed by atoms with Gasteiger partial charge in [0.15, 0.2) is 0 Å². The van der Waals surface area contributed by atoms with Gasteiger partial charge in [0, 0.05) is 17.1 Å². The topological polar surface area (TPSA) is 17.1 Å². The van der Waals surface area contributed by atoms with Crippen LogP contribution in [-0.2, 0) is 4.79 Å². The van der Waals surface area contributed by atoms with Crippen LogP contribution in [0.1, 0.15) is 0 Å². The minimum Gasteiger partial charge on any atom is -0.234 e. The maximum atomic E-state index is 9.46. The molecule has 1 fully saturated rings. The van der Waals surface area contributed by atoms with E-state index in [0.717, 1.165) is 5.75 Å². The highest BCUT2D eigenvalue weighted by Gasteiger charge is 2.18. The van der Waals surface area contributed by atoms with E-state index in [9.17, 15) is 4.79 Å². The summed E-state index contributed by atoms with van der Waals surface area (Å²) < 4.78 is 0. The number of carbonyl (C=O) groups excluding carboxylic acids is 1. The van der Waals surface area contributed by atoms with Crippen LogP contribution in [0.15, 0.2) is 6.08 Å². The molecule has 32 valence electrons. The molecule has 0 aliphatic carbocycles. The molecule has 0 N–H and O–H groups in total. The summed E-state index contributed by atoms with van der Waals surface area (Å²) in [6.45, 7) is 0. The first-order valence-corrected chi connectivity index (χ1v) is 2.81. The van der Waals surface area contributed by atoms with Crippen molar-refractivity contribution in [3.8, 4) is 0 Å². The number of hydrogen-bond donors (Lipinski definition) is 0. The Hall–Kier alpha value is -0.200. The smallest absolute Gasteiger partial charge is 0.121 e. The first-order chi connectivity index (χ1) is 2.93. The Morgan fingerprint density at radius 2 is 2.67 bits per heavy atom. The summed E-state index contributed by atoms with van der Waals surface area (Å²) in [6, 6.07) is 0. The number of hydrogen-bond acceptors (Lipinski definition) is 2. The molecule has 1 heterocycles. The summed E-state index contributed by atoms with van der Waals surface area (Å²) in [4.78, 5) is 9.46. The second-order valence-electron chi connectivity index (χ2n) is 1.16. The van der Waals surface area contributed by atoms with Crippen molar-refractivity contribution in [2.75, 3.05) is 5.75 Å². The van der Waals surface area contributed by atoms with Gasteiger partial charge in [0.1, 0.15) is 5.94 Å². The third-order valence-electron chi connectivity index (χ3n) is 0.613. The molecule has 1 nitrogen and oxygen atoms in total. The van der Waals surface area contributed by atoms with E-state index in [1.807, 2.05) is 0 Å². The average molecular weight is 100 g/mol. The lowest BCUT2D eigenvalue weighted by molar-refractivity contribution is 0.568. The van der Waals surface area contributed by atoms with E-state index in [1.165, 1.54) is 0 Å². The minimum atomic E-state index is 0.516. The molecule has 1 rings (SSSR count). The summed E-state index contributed by atoms with van der Waals surface area (Å²) in [5, 5.41) is 0.516. The highest BCUT2D eigenvalue weighted by atomic mass is 32.2. The fraction of sp³-hybridized carbons (Fsp3) is 0.500. The van der Waals surface area contributed by atoms with Crippen molar-refractivity contribution >= 4 is 17.7 Å². The molecule has 0 aromatic carbocycles. The molecule has 0 saturated carbocycles. The standard InChI is InChI=1S/C4H4OS/c5-2-1-4-3-6-4/h1,4H,3H2. The van der Waals surface area contributed by atoms with Gasteiger partial charge in [-0.3, -0.25) is 0 Å². The van der Waals surface area contributed by atoms with Crippen LogP contribution in [0.4, 0.5) is 0 Å². The van der Waals surface area contributed by atoms with Crippen LogP contribution < -0.4 is 0 Å². The highest BCUT2D eigenvalue weighted by Crippen LogP contribution is 2.29. The van der Waals surface area contributed by atoms with E-state index in [1.54, 1.807) is 23.8 Å². The Morgan fingerprint density at radius 1 is 2.00 bits per heavy atom. The number of thioether (sulfide) groups is 1. The van der Waals surface area contributed by atoms with Crippen molar-refractivity contribution < 1.29 is 4.79 Å². The molecule has 0 spiro atoms. The third kappa shape index (κ3) is 0.886. The minimum absolute atomic E-state index is 0.516. The molecule has 1 aliphatic heterocycles. The summed E-state index contributed by atoms with van der Waals surface area (Å²) in [6.07, 6.45) is 1.56. The van der Waals surface area contributed by atoms with Gasteiger partial charge in [-0.1, -0.05) is 0 Å². The van der Waals surface area contributed by atoms with Gasteiger partial charge >= 0.3 is 0 Å². The molecule has 0 aromatic rings. The molecule has 0 bridgehead atoms. The van der Waals surface area contributed by atoms with Gasteiger partial charge < -0.3 is 0 Å². The van der Waals surface area contributed by atoms with Gasteiger partial charge in [0.25, 0.3) is 0 Å². The normalized spacial score (nSPS) is 28.3. The van der Waals surface area contributed by atoms with Crippen LogP contribution in [0.3, 0.4) is 0 Å². The van der Waals surface area contributed by atoms with Gasteiger partial charge in [-0.25, -0.2) is 4.79 Å². The van der Waals surface area contributed by atoms with Gasteiger partial charge in [-0.2, -0.15) is 11.8 Å². The Kier molecular flexibility index (Phi) is 0.992. The fourth-order valence-corrected chi connectivity index (χ4v) is 0.587. The molecule has 1 saturated heterocycles. The molecular formula is C4H4OS. The van der Waals surface area contributed by atoms with Gasteiger partial charge in [0.05, 0.1) is 0 Å². The Morgan fingerprint density at radius 3 is 2.83 bits per heavy atom. The second-order valence-corrected chi connectivity index (χ2v) is 2.43. The average Bonchev–Trinajstić information content (AvgIpc) is 2.21. The van der Waals surface area contributed by atoms with Crippen LogP contribution in [0.2, 0.25) is 0 Å². The van der Waals surface area contributed by atoms with Crippen molar-refractivity contribution in [1.29, 1.82) is 0 Å². The highest BCUT2D eigenvalue weighted by molar-refractivity contribution is 8.07. The lowest BCUT2D eigenvalue weighted by Gasteiger charge is -1.58. The van der Waals surface area contributed by atoms with Gasteiger partial charge in [-0.05, 0) is 0 Å². The molecule has 2 heteroatoms. The zero-order valence-electron chi connectivity index (χ0n) is 3.18. The van der Waals surface area contributed by atoms with Crippen LogP contribution in [0, 0.1) is 0 Å². The Balaban J connectivity index is 2.33. The zero-order chi connectivity index (χ0) is 4.41. The van der Waals surface area contributed by atoms with Crippen LogP contribution in [0.25, 0.3) is 0 Å². The summed E-state index contributed by atoms with van der Waals surface area (Å²) in [7, 11) is 0. The second kappa shape index (κ2) is 1.50. The first-order valence-electron chi connectivity index (χ1n) is 1.76. The van der Waals surface area contributed by atoms with E-state index < -0.39 is 0 Å². The van der Waals surface area contributed by atoms with Crippen molar-refractivity contribution in [3.63, 3.8) is 0 Å². The molecule has 0 aromatic heterocycles. The molecule has 1 aliphatic rings. The largest absolute Gasteiger partial charge is 0.234 e. The maximum Gasteiger partial charge on any atom is 0.121 e. The quantitative estimate of drug-likeness (QED) is 0.352. The molecule has 0 amide bonds. The maximum absolute atomic E-state index is 9.46. The fourth-order valence-electron chi connectivity index (χ4n) is 0.228. The third-order valence-corrected chi connectivity index (χ3v) is 1.47. The van der Waals surface area contributed by atoms with Crippen LogP contribution >= 0.6 is 11.8 Å². The van der Waals surface area contributed by atoms with E-state index in [0.29, 0.717) is 5.25 Å². The van der Waals surface area contributed by atoms with Crippen molar-refractivity contribution in [3.05, 3.63) is 6.08 Å². The summed E-state index contributed by atoms with van der Waals surface area (Å²) in [5.41, 5.74) is 0. The lowest BCUT2D eigenvalue weighted by atomic mass is 10.5. The van der Waals surface area contributed by atoms with E-state index in [4.69, 9.17) is 0 Å². The Labute approximate surface area is 40.4 Å². The van der Waals surface area contributed by atoms with Crippen LogP contribution in [-0.4, -0.2) is 16.9 Å². The molecular weight excluding hydrogens is 96.1 g/mol. The van der Waals surface area contributed by atoms with Crippen molar-refractivity contribution in [2.24, 2.45) is 0 Å². The van der Waals surface area contributed by atoms with Crippen molar-refractivity contribution in [2.45, 2.75) is 5.25 Å². The molecule has 1 atom stereocenters. The van der Waals surface area contributed by atoms with E-state index in [2.05, 4.69) is 0 Å². The molecule has 1 unspecified atom stereocenters. The zero-order valence-corrected chi connectivity index (χ0v) is 3.99. The monoisotopic (exact) mass is 100.0 g/mol. The molecule has 0 radical (unpaired) electrons. The van der Waals surface area contributed by atoms with Gasteiger partial charge in [-0.15, -0.1) is 0 Å². The molecule has 6 heavy (non-hydrogen) atoms. The van der Waals surface area contributed by atoms with E-state index in [-0.39, 0.29) is 0 Å². The first kappa shape index (κ1) is 3.97. The SMILES string of the molecule is O=C=CC1CS1. The summed E-state index contributed by atoms with van der Waals surface area (Å²) in [5.74, 6) is 2.85. The van der Waals surface area contributed by atoms with Crippen LogP contribution in [0.5, 0.6) is 0 Å². The van der Waals surface area contributed by atoms with Crippen molar-refractivity contribution in [1.82, 2.24) is 0 Å². The number of rotatable bonds is 1. The summed E-state index contributed by atoms with van der Waals surface area (Å²) >= 11 is 1.77.